The first-order valence-electron chi connectivity index (χ1n) is 4.07. The molecule has 0 radical (unpaired) electrons. The smallest absolute Gasteiger partial charge is 0.200 e. The van der Waals surface area contributed by atoms with Gasteiger partial charge in [0.1, 0.15) is 0 Å². The summed E-state index contributed by atoms with van der Waals surface area (Å²) in [7, 11) is 0. The molecule has 0 heterocycles. The monoisotopic (exact) mass is 296 g/mol. The van der Waals surface area contributed by atoms with Gasteiger partial charge in [0.05, 0.1) is 0 Å². The van der Waals surface area contributed by atoms with Gasteiger partial charge >= 0.3 is 23.9 Å². The maximum Gasteiger partial charge on any atom is 0.460 e. The molecule has 0 saturated heterocycles. The van der Waals surface area contributed by atoms with Crippen LogP contribution in [0, 0.1) is 0 Å². The fraction of sp³-hybridized carbons (Fsp3) is 1.00. The van der Waals surface area contributed by atoms with E-state index in [9.17, 15) is 39.5 Å². The maximum atomic E-state index is 12.6. The lowest BCUT2D eigenvalue weighted by Gasteiger charge is -2.33. The third-order valence-corrected chi connectivity index (χ3v) is 2.10. The van der Waals surface area contributed by atoms with Crippen molar-refractivity contribution < 1.29 is 39.5 Å². The Morgan fingerprint density at radius 1 is 0.706 bits per heavy atom. The summed E-state index contributed by atoms with van der Waals surface area (Å²) < 4.78 is 110. The third kappa shape index (κ3) is 2.92. The van der Waals surface area contributed by atoms with E-state index in [1.54, 1.807) is 0 Å². The molecular formula is C7H6ClF9. The lowest BCUT2D eigenvalue weighted by molar-refractivity contribution is -0.396. The van der Waals surface area contributed by atoms with Crippen molar-refractivity contribution in [2.75, 3.05) is 5.88 Å². The van der Waals surface area contributed by atoms with E-state index in [1.165, 1.54) is 0 Å². The van der Waals surface area contributed by atoms with Crippen molar-refractivity contribution in [1.82, 2.24) is 0 Å². The summed E-state index contributed by atoms with van der Waals surface area (Å²) in [6, 6.07) is 0. The standard InChI is InChI=1S/C7H6ClF9/c8-3-1-2-4(9,10)5(11,12)6(13,14)7(15,16)17/h1-3H2. The minimum Gasteiger partial charge on any atom is -0.200 e. The number of rotatable bonds is 5. The highest BCUT2D eigenvalue weighted by atomic mass is 35.5. The molecule has 0 nitrogen and oxygen atoms in total. The molecule has 0 N–H and O–H groups in total. The molecule has 0 aliphatic rings. The van der Waals surface area contributed by atoms with Crippen molar-refractivity contribution in [2.45, 2.75) is 36.8 Å². The van der Waals surface area contributed by atoms with E-state index >= 15 is 0 Å². The Kier molecular flexibility index (Phi) is 4.64. The molecule has 0 amide bonds. The van der Waals surface area contributed by atoms with E-state index in [1.807, 2.05) is 0 Å². The molecule has 0 aliphatic carbocycles. The largest absolute Gasteiger partial charge is 0.460 e. The molecule has 104 valence electrons. The van der Waals surface area contributed by atoms with Gasteiger partial charge in [-0.05, 0) is 6.42 Å². The van der Waals surface area contributed by atoms with Gasteiger partial charge < -0.3 is 0 Å². The van der Waals surface area contributed by atoms with Crippen molar-refractivity contribution in [3.63, 3.8) is 0 Å². The average Bonchev–Trinajstić information content (AvgIpc) is 2.12. The normalized spacial score (nSPS) is 15.2. The zero-order valence-electron chi connectivity index (χ0n) is 7.90. The maximum absolute atomic E-state index is 12.6. The molecular weight excluding hydrogens is 291 g/mol. The van der Waals surface area contributed by atoms with E-state index in [4.69, 9.17) is 11.6 Å². The van der Waals surface area contributed by atoms with E-state index in [0.717, 1.165) is 0 Å². The Hall–Kier alpha value is -0.340. The first-order chi connectivity index (χ1) is 7.31. The molecule has 0 aliphatic heterocycles. The first-order valence-corrected chi connectivity index (χ1v) is 4.61. The van der Waals surface area contributed by atoms with Crippen LogP contribution in [0.25, 0.3) is 0 Å². The molecule has 0 fully saturated rings. The van der Waals surface area contributed by atoms with Crippen LogP contribution < -0.4 is 0 Å². The minimum atomic E-state index is -6.81. The third-order valence-electron chi connectivity index (χ3n) is 1.83. The summed E-state index contributed by atoms with van der Waals surface area (Å²) in [4.78, 5) is 0. The van der Waals surface area contributed by atoms with Crippen molar-refractivity contribution in [3.8, 4) is 0 Å². The van der Waals surface area contributed by atoms with Crippen molar-refractivity contribution in [2.24, 2.45) is 0 Å². The Labute approximate surface area is 94.7 Å². The van der Waals surface area contributed by atoms with E-state index < -0.39 is 42.7 Å². The number of halogens is 10. The Balaban J connectivity index is 5.24. The summed E-state index contributed by atoms with van der Waals surface area (Å²) in [6.45, 7) is 0. The molecule has 10 heteroatoms. The molecule has 0 unspecified atom stereocenters. The fourth-order valence-corrected chi connectivity index (χ4v) is 0.987. The zero-order valence-corrected chi connectivity index (χ0v) is 8.66. The lowest BCUT2D eigenvalue weighted by Crippen LogP contribution is -2.60. The highest BCUT2D eigenvalue weighted by Crippen LogP contribution is 2.54. The summed E-state index contributed by atoms with van der Waals surface area (Å²) in [5.41, 5.74) is 0. The van der Waals surface area contributed by atoms with Crippen LogP contribution in [0.1, 0.15) is 12.8 Å². The van der Waals surface area contributed by atoms with E-state index in [0.29, 0.717) is 0 Å². The van der Waals surface area contributed by atoms with Gasteiger partial charge in [-0.1, -0.05) is 0 Å². The molecule has 0 aromatic heterocycles. The van der Waals surface area contributed by atoms with Gasteiger partial charge in [0.2, 0.25) is 0 Å². The van der Waals surface area contributed by atoms with Crippen LogP contribution in [0.2, 0.25) is 0 Å². The lowest BCUT2D eigenvalue weighted by atomic mass is 10.00. The average molecular weight is 297 g/mol. The number of alkyl halides is 10. The van der Waals surface area contributed by atoms with Gasteiger partial charge in [0.25, 0.3) is 0 Å². The van der Waals surface area contributed by atoms with Crippen LogP contribution in [-0.2, 0) is 0 Å². The number of hydrogen-bond acceptors (Lipinski definition) is 0. The molecule has 0 spiro atoms. The molecule has 0 atom stereocenters. The Morgan fingerprint density at radius 3 is 1.41 bits per heavy atom. The predicted octanol–water partition coefficient (Wildman–Crippen LogP) is 4.47. The minimum absolute atomic E-state index is 0.566. The molecule has 0 bridgehead atoms. The predicted molar refractivity (Wildman–Crippen MR) is 40.9 cm³/mol. The topological polar surface area (TPSA) is 0 Å². The fourth-order valence-electron chi connectivity index (χ4n) is 0.854. The quantitative estimate of drug-likeness (QED) is 0.518. The van der Waals surface area contributed by atoms with Crippen LogP contribution in [-0.4, -0.2) is 29.8 Å². The van der Waals surface area contributed by atoms with E-state index in [2.05, 4.69) is 0 Å². The van der Waals surface area contributed by atoms with Gasteiger partial charge in [-0.15, -0.1) is 11.6 Å². The van der Waals surface area contributed by atoms with Crippen LogP contribution in [0.4, 0.5) is 39.5 Å². The summed E-state index contributed by atoms with van der Waals surface area (Å²) in [5.74, 6) is -19.4. The van der Waals surface area contributed by atoms with Gasteiger partial charge in [-0.3, -0.25) is 0 Å². The second kappa shape index (κ2) is 4.74. The first kappa shape index (κ1) is 16.7. The van der Waals surface area contributed by atoms with Crippen molar-refractivity contribution in [1.29, 1.82) is 0 Å². The second-order valence-electron chi connectivity index (χ2n) is 3.14. The molecule has 0 aromatic carbocycles. The molecule has 17 heavy (non-hydrogen) atoms. The highest BCUT2D eigenvalue weighted by molar-refractivity contribution is 6.17. The summed E-state index contributed by atoms with van der Waals surface area (Å²) in [6.07, 6.45) is -9.45. The Bertz CT molecular complexity index is 257. The van der Waals surface area contributed by atoms with Gasteiger partial charge in [0, 0.05) is 12.3 Å². The zero-order chi connectivity index (χ0) is 14.1. The number of hydrogen-bond donors (Lipinski definition) is 0. The SMILES string of the molecule is FC(F)(F)C(F)(F)C(F)(F)C(F)(F)CCCCl. The van der Waals surface area contributed by atoms with Crippen molar-refractivity contribution >= 4 is 11.6 Å². The van der Waals surface area contributed by atoms with Gasteiger partial charge in [-0.2, -0.15) is 39.5 Å². The summed E-state index contributed by atoms with van der Waals surface area (Å²) >= 11 is 4.87. The Morgan fingerprint density at radius 2 is 1.12 bits per heavy atom. The van der Waals surface area contributed by atoms with Gasteiger partial charge in [0.15, 0.2) is 0 Å². The van der Waals surface area contributed by atoms with Crippen LogP contribution in [0.5, 0.6) is 0 Å². The van der Waals surface area contributed by atoms with Crippen molar-refractivity contribution in [3.05, 3.63) is 0 Å². The van der Waals surface area contributed by atoms with Crippen LogP contribution in [0.15, 0.2) is 0 Å². The molecule has 0 aromatic rings. The van der Waals surface area contributed by atoms with E-state index in [-0.39, 0.29) is 0 Å². The molecule has 0 saturated carbocycles. The van der Waals surface area contributed by atoms with Crippen LogP contribution in [0.3, 0.4) is 0 Å². The van der Waals surface area contributed by atoms with Crippen LogP contribution >= 0.6 is 11.6 Å². The second-order valence-corrected chi connectivity index (χ2v) is 3.52. The highest BCUT2D eigenvalue weighted by Gasteiger charge is 2.81. The molecule has 0 rings (SSSR count). The summed E-state index contributed by atoms with van der Waals surface area (Å²) in [5, 5.41) is 0. The van der Waals surface area contributed by atoms with Gasteiger partial charge in [-0.25, -0.2) is 0 Å².